The molecule has 0 radical (unpaired) electrons. The Balaban J connectivity index is 1.99. The Hall–Kier alpha value is -1.29. The summed E-state index contributed by atoms with van der Waals surface area (Å²) in [6.45, 7) is 4.15. The van der Waals surface area contributed by atoms with Gasteiger partial charge in [0.25, 0.3) is 0 Å². The summed E-state index contributed by atoms with van der Waals surface area (Å²) in [5.41, 5.74) is 0. The van der Waals surface area contributed by atoms with Gasteiger partial charge in [0.05, 0.1) is 12.8 Å². The van der Waals surface area contributed by atoms with E-state index >= 15 is 0 Å². The largest absolute Gasteiger partial charge is 0.468 e. The van der Waals surface area contributed by atoms with Crippen LogP contribution >= 0.6 is 0 Å². The maximum Gasteiger partial charge on any atom is 0.221 e. The van der Waals surface area contributed by atoms with E-state index in [0.29, 0.717) is 19.5 Å². The van der Waals surface area contributed by atoms with Gasteiger partial charge in [0.2, 0.25) is 5.91 Å². The third kappa shape index (κ3) is 5.22. The lowest BCUT2D eigenvalue weighted by atomic mass is 10.3. The maximum atomic E-state index is 11.2. The van der Waals surface area contributed by atoms with Crippen LogP contribution < -0.4 is 10.6 Å². The number of amides is 1. The SMILES string of the molecule is CCCNC(=O)CCNCc1ccco1. The molecular weight excluding hydrogens is 192 g/mol. The highest BCUT2D eigenvalue weighted by Crippen LogP contribution is 1.98. The second kappa shape index (κ2) is 7.06. The van der Waals surface area contributed by atoms with Gasteiger partial charge in [-0.15, -0.1) is 0 Å². The first-order valence-electron chi connectivity index (χ1n) is 5.32. The second-order valence-corrected chi connectivity index (χ2v) is 3.36. The summed E-state index contributed by atoms with van der Waals surface area (Å²) < 4.78 is 5.14. The number of carbonyl (C=O) groups is 1. The van der Waals surface area contributed by atoms with E-state index in [-0.39, 0.29) is 5.91 Å². The number of hydrogen-bond donors (Lipinski definition) is 2. The van der Waals surface area contributed by atoms with E-state index in [2.05, 4.69) is 10.6 Å². The van der Waals surface area contributed by atoms with E-state index in [0.717, 1.165) is 18.7 Å². The molecule has 1 heterocycles. The molecular formula is C11H18N2O2. The van der Waals surface area contributed by atoms with Crippen LogP contribution in [-0.2, 0) is 11.3 Å². The van der Waals surface area contributed by atoms with Gasteiger partial charge in [0.15, 0.2) is 0 Å². The molecule has 84 valence electrons. The van der Waals surface area contributed by atoms with Gasteiger partial charge in [-0.3, -0.25) is 4.79 Å². The molecule has 0 unspecified atom stereocenters. The first kappa shape index (κ1) is 11.8. The molecule has 0 saturated heterocycles. The molecule has 1 amide bonds. The molecule has 0 aliphatic rings. The monoisotopic (exact) mass is 210 g/mol. The first-order valence-corrected chi connectivity index (χ1v) is 5.32. The van der Waals surface area contributed by atoms with Crippen LogP contribution in [0.25, 0.3) is 0 Å². The smallest absolute Gasteiger partial charge is 0.221 e. The molecule has 1 rings (SSSR count). The fourth-order valence-corrected chi connectivity index (χ4v) is 1.18. The lowest BCUT2D eigenvalue weighted by Gasteiger charge is -2.04. The average molecular weight is 210 g/mol. The fourth-order valence-electron chi connectivity index (χ4n) is 1.18. The highest BCUT2D eigenvalue weighted by atomic mass is 16.3. The topological polar surface area (TPSA) is 54.3 Å². The summed E-state index contributed by atoms with van der Waals surface area (Å²) >= 11 is 0. The zero-order valence-electron chi connectivity index (χ0n) is 9.08. The molecule has 1 aromatic heterocycles. The molecule has 1 aromatic rings. The Kier molecular flexibility index (Phi) is 5.55. The van der Waals surface area contributed by atoms with E-state index in [1.54, 1.807) is 6.26 Å². The normalized spacial score (nSPS) is 10.2. The Labute approximate surface area is 90.0 Å². The van der Waals surface area contributed by atoms with Crippen molar-refractivity contribution < 1.29 is 9.21 Å². The van der Waals surface area contributed by atoms with Crippen LogP contribution in [0.15, 0.2) is 22.8 Å². The second-order valence-electron chi connectivity index (χ2n) is 3.36. The van der Waals surface area contributed by atoms with Crippen LogP contribution in [0.3, 0.4) is 0 Å². The molecule has 2 N–H and O–H groups in total. The van der Waals surface area contributed by atoms with Gasteiger partial charge in [0.1, 0.15) is 5.76 Å². The summed E-state index contributed by atoms with van der Waals surface area (Å²) in [5, 5.41) is 5.96. The predicted molar refractivity (Wildman–Crippen MR) is 58.3 cm³/mol. The van der Waals surface area contributed by atoms with E-state index < -0.39 is 0 Å². The van der Waals surface area contributed by atoms with Crippen LogP contribution in [-0.4, -0.2) is 19.0 Å². The van der Waals surface area contributed by atoms with Crippen molar-refractivity contribution in [1.29, 1.82) is 0 Å². The van der Waals surface area contributed by atoms with E-state index in [9.17, 15) is 4.79 Å². The van der Waals surface area contributed by atoms with Crippen molar-refractivity contribution in [2.24, 2.45) is 0 Å². The van der Waals surface area contributed by atoms with Gasteiger partial charge >= 0.3 is 0 Å². The standard InChI is InChI=1S/C11H18N2O2/c1-2-6-13-11(14)5-7-12-9-10-4-3-8-15-10/h3-4,8,12H,2,5-7,9H2,1H3,(H,13,14). The van der Waals surface area contributed by atoms with Gasteiger partial charge in [-0.1, -0.05) is 6.92 Å². The molecule has 4 heteroatoms. The number of rotatable bonds is 7. The van der Waals surface area contributed by atoms with Gasteiger partial charge in [-0.25, -0.2) is 0 Å². The quantitative estimate of drug-likeness (QED) is 0.667. The first-order chi connectivity index (χ1) is 7.33. The van der Waals surface area contributed by atoms with Crippen molar-refractivity contribution in [2.45, 2.75) is 26.3 Å². The molecule has 0 aliphatic carbocycles. The summed E-state index contributed by atoms with van der Waals surface area (Å²) in [7, 11) is 0. The Morgan fingerprint density at radius 1 is 1.47 bits per heavy atom. The van der Waals surface area contributed by atoms with Crippen LogP contribution in [0.2, 0.25) is 0 Å². The Bertz CT molecular complexity index is 270. The minimum Gasteiger partial charge on any atom is -0.468 e. The molecule has 0 spiro atoms. The summed E-state index contributed by atoms with van der Waals surface area (Å²) in [5.74, 6) is 0.993. The van der Waals surface area contributed by atoms with Crippen LogP contribution in [0.4, 0.5) is 0 Å². The average Bonchev–Trinajstić information content (AvgIpc) is 2.74. The number of hydrogen-bond acceptors (Lipinski definition) is 3. The number of furan rings is 1. The maximum absolute atomic E-state index is 11.2. The minimum atomic E-state index is 0.101. The van der Waals surface area contributed by atoms with Crippen molar-refractivity contribution in [1.82, 2.24) is 10.6 Å². The van der Waals surface area contributed by atoms with Crippen LogP contribution in [0, 0.1) is 0 Å². The third-order valence-corrected chi connectivity index (χ3v) is 1.98. The molecule has 0 atom stereocenters. The predicted octanol–water partition coefficient (Wildman–Crippen LogP) is 1.29. The van der Waals surface area contributed by atoms with Gasteiger partial charge in [0, 0.05) is 19.5 Å². The van der Waals surface area contributed by atoms with Crippen LogP contribution in [0.5, 0.6) is 0 Å². The minimum absolute atomic E-state index is 0.101. The van der Waals surface area contributed by atoms with Crippen molar-refractivity contribution in [3.8, 4) is 0 Å². The molecule has 0 saturated carbocycles. The van der Waals surface area contributed by atoms with E-state index in [1.807, 2.05) is 19.1 Å². The van der Waals surface area contributed by atoms with Crippen molar-refractivity contribution in [2.75, 3.05) is 13.1 Å². The number of nitrogens with one attached hydrogen (secondary N) is 2. The zero-order valence-corrected chi connectivity index (χ0v) is 9.08. The van der Waals surface area contributed by atoms with E-state index in [4.69, 9.17) is 4.42 Å². The molecule has 0 fully saturated rings. The summed E-state index contributed by atoms with van der Waals surface area (Å²) in [4.78, 5) is 11.2. The highest BCUT2D eigenvalue weighted by molar-refractivity contribution is 5.75. The number of carbonyl (C=O) groups excluding carboxylic acids is 1. The molecule has 15 heavy (non-hydrogen) atoms. The van der Waals surface area contributed by atoms with Gasteiger partial charge in [-0.2, -0.15) is 0 Å². The van der Waals surface area contributed by atoms with E-state index in [1.165, 1.54) is 0 Å². The third-order valence-electron chi connectivity index (χ3n) is 1.98. The lowest BCUT2D eigenvalue weighted by Crippen LogP contribution is -2.27. The van der Waals surface area contributed by atoms with Gasteiger partial charge in [-0.05, 0) is 18.6 Å². The summed E-state index contributed by atoms with van der Waals surface area (Å²) in [6.07, 6.45) is 3.14. The highest BCUT2D eigenvalue weighted by Gasteiger charge is 1.99. The lowest BCUT2D eigenvalue weighted by molar-refractivity contribution is -0.120. The summed E-state index contributed by atoms with van der Waals surface area (Å²) in [6, 6.07) is 3.76. The molecule has 4 nitrogen and oxygen atoms in total. The Morgan fingerprint density at radius 2 is 2.33 bits per heavy atom. The van der Waals surface area contributed by atoms with Gasteiger partial charge < -0.3 is 15.1 Å². The van der Waals surface area contributed by atoms with Crippen molar-refractivity contribution >= 4 is 5.91 Å². The van der Waals surface area contributed by atoms with Crippen molar-refractivity contribution in [3.05, 3.63) is 24.2 Å². The zero-order chi connectivity index (χ0) is 10.9. The van der Waals surface area contributed by atoms with Crippen molar-refractivity contribution in [3.63, 3.8) is 0 Å². The Morgan fingerprint density at radius 3 is 3.00 bits per heavy atom. The fraction of sp³-hybridized carbons (Fsp3) is 0.545. The van der Waals surface area contributed by atoms with Crippen LogP contribution in [0.1, 0.15) is 25.5 Å². The molecule has 0 bridgehead atoms. The molecule has 0 aliphatic heterocycles. The molecule has 0 aromatic carbocycles.